The molecule has 1 N–H and O–H groups in total. The van der Waals surface area contributed by atoms with Gasteiger partial charge in [-0.3, -0.25) is 10.1 Å². The number of aromatic nitrogens is 1. The number of carbonyl (C=O) groups excluding carboxylic acids is 1. The predicted molar refractivity (Wildman–Crippen MR) is 105 cm³/mol. The van der Waals surface area contributed by atoms with Gasteiger partial charge in [-0.2, -0.15) is 0 Å². The summed E-state index contributed by atoms with van der Waals surface area (Å²) in [5.74, 6) is 1.24. The number of nitrogens with one attached hydrogen (secondary N) is 1. The number of thiazole rings is 1. The maximum atomic E-state index is 12.5. The fraction of sp³-hybridized carbons (Fsp3) is 0.200. The van der Waals surface area contributed by atoms with Gasteiger partial charge in [-0.05, 0) is 55.3 Å². The lowest BCUT2D eigenvalue weighted by Gasteiger charge is -2.08. The van der Waals surface area contributed by atoms with Gasteiger partial charge in [0.25, 0.3) is 5.91 Å². The Hall–Kier alpha value is -2.86. The summed E-state index contributed by atoms with van der Waals surface area (Å²) in [5.41, 5.74) is 4.39. The van der Waals surface area contributed by atoms with Gasteiger partial charge in [0.1, 0.15) is 11.5 Å². The molecule has 0 aliphatic rings. The fourth-order valence-corrected chi connectivity index (χ4v) is 3.23. The highest BCUT2D eigenvalue weighted by Crippen LogP contribution is 2.35. The van der Waals surface area contributed by atoms with Crippen LogP contribution < -0.4 is 14.8 Å². The van der Waals surface area contributed by atoms with E-state index in [4.69, 9.17) is 9.47 Å². The molecule has 2 aromatic carbocycles. The molecule has 0 unspecified atom stereocenters. The minimum absolute atomic E-state index is 0.174. The SMILES string of the molecule is COc1ccc(OC)c(-c2csc(NC(=O)c3ccc(C)c(C)c3)n2)c1. The van der Waals surface area contributed by atoms with Gasteiger partial charge >= 0.3 is 0 Å². The summed E-state index contributed by atoms with van der Waals surface area (Å²) >= 11 is 1.37. The van der Waals surface area contributed by atoms with Crippen LogP contribution in [0.25, 0.3) is 11.3 Å². The van der Waals surface area contributed by atoms with Gasteiger partial charge in [0, 0.05) is 16.5 Å². The first-order valence-electron chi connectivity index (χ1n) is 8.08. The molecular weight excluding hydrogens is 348 g/mol. The minimum atomic E-state index is -0.174. The smallest absolute Gasteiger partial charge is 0.257 e. The summed E-state index contributed by atoms with van der Waals surface area (Å²) in [6.07, 6.45) is 0. The number of carbonyl (C=O) groups is 1. The van der Waals surface area contributed by atoms with E-state index in [1.807, 2.05) is 55.6 Å². The number of aryl methyl sites for hydroxylation is 2. The van der Waals surface area contributed by atoms with Crippen LogP contribution in [0.2, 0.25) is 0 Å². The number of benzene rings is 2. The lowest BCUT2D eigenvalue weighted by molar-refractivity contribution is 0.102. The van der Waals surface area contributed by atoms with Crippen molar-refractivity contribution in [1.82, 2.24) is 4.98 Å². The molecule has 1 heterocycles. The molecule has 6 heteroatoms. The molecule has 0 spiro atoms. The molecule has 0 aliphatic heterocycles. The van der Waals surface area contributed by atoms with Crippen LogP contribution in [-0.2, 0) is 0 Å². The fourth-order valence-electron chi connectivity index (χ4n) is 2.52. The molecule has 0 saturated heterocycles. The molecule has 0 fully saturated rings. The van der Waals surface area contributed by atoms with Crippen molar-refractivity contribution in [2.24, 2.45) is 0 Å². The predicted octanol–water partition coefficient (Wildman–Crippen LogP) is 4.70. The molecule has 1 amide bonds. The van der Waals surface area contributed by atoms with Crippen LogP contribution in [0, 0.1) is 13.8 Å². The summed E-state index contributed by atoms with van der Waals surface area (Å²) in [4.78, 5) is 17.0. The van der Waals surface area contributed by atoms with Crippen LogP contribution in [0.1, 0.15) is 21.5 Å². The second-order valence-electron chi connectivity index (χ2n) is 5.86. The third-order valence-corrected chi connectivity index (χ3v) is 4.93. The third kappa shape index (κ3) is 3.70. The van der Waals surface area contributed by atoms with Gasteiger partial charge in [-0.25, -0.2) is 4.98 Å². The van der Waals surface area contributed by atoms with Crippen LogP contribution in [-0.4, -0.2) is 25.1 Å². The summed E-state index contributed by atoms with van der Waals surface area (Å²) in [6.45, 7) is 4.01. The van der Waals surface area contributed by atoms with Crippen molar-refractivity contribution in [2.45, 2.75) is 13.8 Å². The Morgan fingerprint density at radius 3 is 2.54 bits per heavy atom. The highest BCUT2D eigenvalue weighted by Gasteiger charge is 2.14. The number of nitrogens with zero attached hydrogens (tertiary/aromatic N) is 1. The topological polar surface area (TPSA) is 60.5 Å². The second kappa shape index (κ2) is 7.58. The lowest BCUT2D eigenvalue weighted by Crippen LogP contribution is -2.12. The Kier molecular flexibility index (Phi) is 5.23. The van der Waals surface area contributed by atoms with Crippen molar-refractivity contribution in [3.63, 3.8) is 0 Å². The van der Waals surface area contributed by atoms with E-state index in [2.05, 4.69) is 10.3 Å². The number of methoxy groups -OCH3 is 2. The Morgan fingerprint density at radius 1 is 1.04 bits per heavy atom. The van der Waals surface area contributed by atoms with E-state index in [1.165, 1.54) is 11.3 Å². The maximum absolute atomic E-state index is 12.5. The van der Waals surface area contributed by atoms with Gasteiger partial charge < -0.3 is 9.47 Å². The number of anilines is 1. The summed E-state index contributed by atoms with van der Waals surface area (Å²) in [7, 11) is 3.22. The zero-order valence-electron chi connectivity index (χ0n) is 15.1. The van der Waals surface area contributed by atoms with E-state index in [9.17, 15) is 4.79 Å². The molecule has 0 bridgehead atoms. The second-order valence-corrected chi connectivity index (χ2v) is 6.72. The standard InChI is InChI=1S/C20H20N2O3S/c1-12-5-6-14(9-13(12)2)19(23)22-20-21-17(11-26-20)16-10-15(24-3)7-8-18(16)25-4/h5-11H,1-4H3,(H,21,22,23). The quantitative estimate of drug-likeness (QED) is 0.709. The van der Waals surface area contributed by atoms with Crippen LogP contribution >= 0.6 is 11.3 Å². The van der Waals surface area contributed by atoms with E-state index >= 15 is 0 Å². The number of amides is 1. The highest BCUT2D eigenvalue weighted by molar-refractivity contribution is 7.14. The van der Waals surface area contributed by atoms with Gasteiger partial charge in [-0.1, -0.05) is 6.07 Å². The number of rotatable bonds is 5. The van der Waals surface area contributed by atoms with E-state index < -0.39 is 0 Å². The largest absolute Gasteiger partial charge is 0.497 e. The van der Waals surface area contributed by atoms with Crippen molar-refractivity contribution in [1.29, 1.82) is 0 Å². The number of hydrogen-bond donors (Lipinski definition) is 1. The van der Waals surface area contributed by atoms with E-state index in [-0.39, 0.29) is 5.91 Å². The van der Waals surface area contributed by atoms with Gasteiger partial charge in [-0.15, -0.1) is 11.3 Å². The van der Waals surface area contributed by atoms with Crippen LogP contribution in [0.3, 0.4) is 0 Å². The summed E-state index contributed by atoms with van der Waals surface area (Å²) in [6, 6.07) is 11.2. The molecule has 3 rings (SSSR count). The number of hydrogen-bond acceptors (Lipinski definition) is 5. The first-order chi connectivity index (χ1) is 12.5. The zero-order chi connectivity index (χ0) is 18.7. The highest BCUT2D eigenvalue weighted by atomic mass is 32.1. The van der Waals surface area contributed by atoms with E-state index in [0.717, 1.165) is 28.1 Å². The van der Waals surface area contributed by atoms with E-state index in [0.29, 0.717) is 16.4 Å². The molecule has 0 radical (unpaired) electrons. The molecule has 134 valence electrons. The molecule has 0 atom stereocenters. The van der Waals surface area contributed by atoms with Crippen molar-refractivity contribution < 1.29 is 14.3 Å². The van der Waals surface area contributed by atoms with Crippen molar-refractivity contribution in [2.75, 3.05) is 19.5 Å². The maximum Gasteiger partial charge on any atom is 0.257 e. The Morgan fingerprint density at radius 2 is 1.85 bits per heavy atom. The van der Waals surface area contributed by atoms with Gasteiger partial charge in [0.05, 0.1) is 19.9 Å². The molecule has 0 aliphatic carbocycles. The Balaban J connectivity index is 1.84. The average molecular weight is 368 g/mol. The lowest BCUT2D eigenvalue weighted by atomic mass is 10.1. The number of ether oxygens (including phenoxy) is 2. The molecule has 0 saturated carbocycles. The molecular formula is C20H20N2O3S. The average Bonchev–Trinajstić information content (AvgIpc) is 3.11. The van der Waals surface area contributed by atoms with Crippen LogP contribution in [0.15, 0.2) is 41.8 Å². The zero-order valence-corrected chi connectivity index (χ0v) is 15.9. The monoisotopic (exact) mass is 368 g/mol. The Labute approximate surface area is 156 Å². The first-order valence-corrected chi connectivity index (χ1v) is 8.96. The Bertz CT molecular complexity index is 950. The molecule has 26 heavy (non-hydrogen) atoms. The normalized spacial score (nSPS) is 10.5. The van der Waals surface area contributed by atoms with Crippen LogP contribution in [0.4, 0.5) is 5.13 Å². The molecule has 5 nitrogen and oxygen atoms in total. The molecule has 1 aromatic heterocycles. The summed E-state index contributed by atoms with van der Waals surface area (Å²) in [5, 5.41) is 5.28. The van der Waals surface area contributed by atoms with Gasteiger partial charge in [0.15, 0.2) is 5.13 Å². The van der Waals surface area contributed by atoms with Crippen molar-refractivity contribution in [3.05, 3.63) is 58.5 Å². The van der Waals surface area contributed by atoms with Crippen molar-refractivity contribution >= 4 is 22.4 Å². The van der Waals surface area contributed by atoms with Crippen molar-refractivity contribution in [3.8, 4) is 22.8 Å². The third-order valence-electron chi connectivity index (χ3n) is 4.18. The molecule has 3 aromatic rings. The first kappa shape index (κ1) is 17.9. The van der Waals surface area contributed by atoms with E-state index in [1.54, 1.807) is 14.2 Å². The van der Waals surface area contributed by atoms with Gasteiger partial charge in [0.2, 0.25) is 0 Å². The summed E-state index contributed by atoms with van der Waals surface area (Å²) < 4.78 is 10.7. The van der Waals surface area contributed by atoms with Crippen LogP contribution in [0.5, 0.6) is 11.5 Å². The minimum Gasteiger partial charge on any atom is -0.497 e.